The molecule has 9 heteroatoms. The molecule has 0 spiro atoms. The van der Waals surface area contributed by atoms with Crippen molar-refractivity contribution in [2.75, 3.05) is 13.2 Å². The minimum Gasteiger partial charge on any atom is -0.481 e. The van der Waals surface area contributed by atoms with E-state index in [1.165, 1.54) is 0 Å². The summed E-state index contributed by atoms with van der Waals surface area (Å²) in [5.41, 5.74) is 0. The SMILES string of the molecule is CC(=O)O.CC(=O)O.CC(=O)O.CCOC(=O)CO. The second kappa shape index (κ2) is 21.2. The van der Waals surface area contributed by atoms with Crippen LogP contribution in [0.25, 0.3) is 0 Å². The molecule has 0 saturated heterocycles. The minimum atomic E-state index is -0.833. The molecule has 0 fully saturated rings. The molecule has 0 amide bonds. The maximum atomic E-state index is 9.94. The molecule has 19 heavy (non-hydrogen) atoms. The van der Waals surface area contributed by atoms with E-state index in [9.17, 15) is 4.79 Å². The Bertz CT molecular complexity index is 219. The average Bonchev–Trinajstić information content (AvgIpc) is 2.15. The zero-order valence-corrected chi connectivity index (χ0v) is 11.2. The standard InChI is InChI=1S/C4H8O3.3C2H4O2/c1-2-7-4(6)3-5;3*1-2(3)4/h5H,2-3H2,1H3;3*1H3,(H,3,4). The maximum absolute atomic E-state index is 9.94. The van der Waals surface area contributed by atoms with E-state index in [1.807, 2.05) is 0 Å². The highest BCUT2D eigenvalue weighted by Gasteiger charge is 1.92. The van der Waals surface area contributed by atoms with Gasteiger partial charge in [-0.05, 0) is 6.92 Å². The first-order chi connectivity index (χ1) is 8.50. The predicted molar refractivity (Wildman–Crippen MR) is 63.6 cm³/mol. The molecule has 0 aliphatic rings. The lowest BCUT2D eigenvalue weighted by atomic mass is 10.7. The normalized spacial score (nSPS) is 7.00. The van der Waals surface area contributed by atoms with Crippen molar-refractivity contribution in [3.8, 4) is 0 Å². The molecular weight excluding hydrogens is 264 g/mol. The third kappa shape index (κ3) is 376. The molecule has 0 aromatic rings. The summed E-state index contributed by atoms with van der Waals surface area (Å²) < 4.78 is 4.30. The summed E-state index contributed by atoms with van der Waals surface area (Å²) in [5.74, 6) is -3.07. The first-order valence-corrected chi connectivity index (χ1v) is 4.86. The number of ether oxygens (including phenoxy) is 1. The molecule has 4 N–H and O–H groups in total. The Balaban J connectivity index is -0.0000000825. The molecule has 0 aliphatic carbocycles. The van der Waals surface area contributed by atoms with E-state index < -0.39 is 30.5 Å². The maximum Gasteiger partial charge on any atom is 0.331 e. The van der Waals surface area contributed by atoms with E-state index in [0.29, 0.717) is 6.61 Å². The summed E-state index contributed by atoms with van der Waals surface area (Å²) in [6.45, 7) is 4.75. The van der Waals surface area contributed by atoms with Gasteiger partial charge in [0.25, 0.3) is 17.9 Å². The molecule has 0 aliphatic heterocycles. The van der Waals surface area contributed by atoms with Gasteiger partial charge >= 0.3 is 5.97 Å². The molecule has 0 aromatic heterocycles. The first kappa shape index (κ1) is 25.6. The summed E-state index contributed by atoms with van der Waals surface area (Å²) in [6.07, 6.45) is 0. The molecule has 0 heterocycles. The van der Waals surface area contributed by atoms with E-state index in [1.54, 1.807) is 6.92 Å². The molecule has 0 atom stereocenters. The fourth-order valence-corrected chi connectivity index (χ4v) is 0.207. The van der Waals surface area contributed by atoms with Crippen molar-refractivity contribution in [2.24, 2.45) is 0 Å². The summed E-state index contributed by atoms with van der Waals surface area (Å²) in [4.78, 5) is 36.9. The number of aliphatic carboxylic acids is 3. The summed E-state index contributed by atoms with van der Waals surface area (Å²) >= 11 is 0. The predicted octanol–water partition coefficient (Wildman–Crippen LogP) is -0.185. The fourth-order valence-electron chi connectivity index (χ4n) is 0.207. The Hall–Kier alpha value is -2.16. The van der Waals surface area contributed by atoms with Crippen LogP contribution in [0.1, 0.15) is 27.7 Å². The quantitative estimate of drug-likeness (QED) is 0.504. The number of aliphatic hydroxyl groups is 1. The van der Waals surface area contributed by atoms with Gasteiger partial charge in [-0.25, -0.2) is 4.79 Å². The van der Waals surface area contributed by atoms with Crippen LogP contribution in [0, 0.1) is 0 Å². The Kier molecular flexibility index (Phi) is 28.5. The van der Waals surface area contributed by atoms with Gasteiger partial charge in [0.2, 0.25) is 0 Å². The minimum absolute atomic E-state index is 0.333. The van der Waals surface area contributed by atoms with Crippen LogP contribution in [0.3, 0.4) is 0 Å². The molecule has 0 bridgehead atoms. The molecule has 0 unspecified atom stereocenters. The van der Waals surface area contributed by atoms with Crippen LogP contribution < -0.4 is 0 Å². The molecule has 0 radical (unpaired) electrons. The van der Waals surface area contributed by atoms with Gasteiger partial charge in [-0.2, -0.15) is 0 Å². The Morgan fingerprint density at radius 3 is 1.11 bits per heavy atom. The van der Waals surface area contributed by atoms with Crippen LogP contribution in [0.4, 0.5) is 0 Å². The lowest BCUT2D eigenvalue weighted by Crippen LogP contribution is -2.07. The largest absolute Gasteiger partial charge is 0.481 e. The number of hydrogen-bond donors (Lipinski definition) is 4. The monoisotopic (exact) mass is 284 g/mol. The third-order valence-electron chi connectivity index (χ3n) is 0.434. The zero-order chi connectivity index (χ0) is 16.4. The molecule has 114 valence electrons. The van der Waals surface area contributed by atoms with E-state index in [4.69, 9.17) is 34.8 Å². The van der Waals surface area contributed by atoms with Gasteiger partial charge in [0.1, 0.15) is 6.61 Å². The number of rotatable bonds is 2. The van der Waals surface area contributed by atoms with Gasteiger partial charge in [0.05, 0.1) is 6.61 Å². The van der Waals surface area contributed by atoms with E-state index >= 15 is 0 Å². The Labute approximate surface area is 110 Å². The summed E-state index contributed by atoms with van der Waals surface area (Å²) in [6, 6.07) is 0. The van der Waals surface area contributed by atoms with Crippen LogP contribution in [-0.4, -0.2) is 57.5 Å². The van der Waals surface area contributed by atoms with Gasteiger partial charge in [-0.3, -0.25) is 14.4 Å². The van der Waals surface area contributed by atoms with Crippen LogP contribution in [0.2, 0.25) is 0 Å². The van der Waals surface area contributed by atoms with Crippen LogP contribution in [0.5, 0.6) is 0 Å². The van der Waals surface area contributed by atoms with Crippen LogP contribution >= 0.6 is 0 Å². The zero-order valence-electron chi connectivity index (χ0n) is 11.2. The third-order valence-corrected chi connectivity index (χ3v) is 0.434. The number of carbonyl (C=O) groups excluding carboxylic acids is 1. The lowest BCUT2D eigenvalue weighted by Gasteiger charge is -1.93. The average molecular weight is 284 g/mol. The molecular formula is C10H20O9. The topological polar surface area (TPSA) is 158 Å². The van der Waals surface area contributed by atoms with E-state index in [0.717, 1.165) is 20.8 Å². The number of carboxylic acids is 3. The van der Waals surface area contributed by atoms with E-state index in [-0.39, 0.29) is 0 Å². The number of carboxylic acid groups (broad SMARTS) is 3. The fraction of sp³-hybridized carbons (Fsp3) is 0.600. The molecule has 9 nitrogen and oxygen atoms in total. The second-order valence-electron chi connectivity index (χ2n) is 2.52. The van der Waals surface area contributed by atoms with Crippen LogP contribution in [-0.2, 0) is 23.9 Å². The molecule has 0 saturated carbocycles. The van der Waals surface area contributed by atoms with Gasteiger partial charge in [-0.15, -0.1) is 0 Å². The molecule has 0 rings (SSSR count). The summed E-state index contributed by atoms with van der Waals surface area (Å²) in [5, 5.41) is 30.2. The number of hydrogen-bond acceptors (Lipinski definition) is 6. The van der Waals surface area contributed by atoms with Crippen molar-refractivity contribution >= 4 is 23.9 Å². The van der Waals surface area contributed by atoms with Gasteiger partial charge < -0.3 is 25.2 Å². The first-order valence-electron chi connectivity index (χ1n) is 4.86. The Morgan fingerprint density at radius 1 is 0.842 bits per heavy atom. The Morgan fingerprint density at radius 2 is 1.05 bits per heavy atom. The molecule has 0 aromatic carbocycles. The van der Waals surface area contributed by atoms with Crippen LogP contribution in [0.15, 0.2) is 0 Å². The smallest absolute Gasteiger partial charge is 0.331 e. The number of esters is 1. The van der Waals surface area contributed by atoms with Crippen molar-refractivity contribution in [3.05, 3.63) is 0 Å². The second-order valence-corrected chi connectivity index (χ2v) is 2.52. The van der Waals surface area contributed by atoms with E-state index in [2.05, 4.69) is 4.74 Å². The highest BCUT2D eigenvalue weighted by atomic mass is 16.5. The highest BCUT2D eigenvalue weighted by molar-refractivity contribution is 5.70. The number of carbonyl (C=O) groups is 4. The number of aliphatic hydroxyl groups excluding tert-OH is 1. The highest BCUT2D eigenvalue weighted by Crippen LogP contribution is 1.71. The van der Waals surface area contributed by atoms with Gasteiger partial charge in [-0.1, -0.05) is 0 Å². The van der Waals surface area contributed by atoms with Gasteiger partial charge in [0, 0.05) is 20.8 Å². The van der Waals surface area contributed by atoms with Crippen molar-refractivity contribution in [2.45, 2.75) is 27.7 Å². The van der Waals surface area contributed by atoms with Gasteiger partial charge in [0.15, 0.2) is 0 Å². The lowest BCUT2D eigenvalue weighted by molar-refractivity contribution is -0.146. The van der Waals surface area contributed by atoms with Crippen molar-refractivity contribution in [1.82, 2.24) is 0 Å². The van der Waals surface area contributed by atoms with Crippen molar-refractivity contribution in [3.63, 3.8) is 0 Å². The van der Waals surface area contributed by atoms with Crippen molar-refractivity contribution < 1.29 is 44.3 Å². The summed E-state index contributed by atoms with van der Waals surface area (Å²) in [7, 11) is 0. The van der Waals surface area contributed by atoms with Crippen molar-refractivity contribution in [1.29, 1.82) is 0 Å².